The molecule has 6 heteroatoms. The highest BCUT2D eigenvalue weighted by Crippen LogP contribution is 2.15. The first-order chi connectivity index (χ1) is 9.08. The minimum Gasteiger partial charge on any atom is -0.478 e. The highest BCUT2D eigenvalue weighted by Gasteiger charge is 2.11. The summed E-state index contributed by atoms with van der Waals surface area (Å²) in [5.41, 5.74) is 0.0707. The molecule has 0 aliphatic heterocycles. The van der Waals surface area contributed by atoms with Gasteiger partial charge in [-0.15, -0.1) is 0 Å². The van der Waals surface area contributed by atoms with Gasteiger partial charge in [-0.2, -0.15) is 0 Å². The van der Waals surface area contributed by atoms with E-state index in [2.05, 4.69) is 10.3 Å². The van der Waals surface area contributed by atoms with E-state index < -0.39 is 17.6 Å². The number of carboxylic acids is 1. The third-order valence-corrected chi connectivity index (χ3v) is 2.49. The fraction of sp³-hybridized carbons (Fsp3) is 0.0769. The molecule has 1 heterocycles. The van der Waals surface area contributed by atoms with Crippen molar-refractivity contribution in [1.29, 1.82) is 0 Å². The summed E-state index contributed by atoms with van der Waals surface area (Å²) in [6.07, 6.45) is 1.41. The molecule has 0 fully saturated rings. The molecule has 2 aromatic rings. The topological polar surface area (TPSA) is 62.2 Å². The smallest absolute Gasteiger partial charge is 0.339 e. The molecule has 0 aliphatic carbocycles. The Kier molecular flexibility index (Phi) is 3.70. The SMILES string of the molecule is O=C(O)c1cccnc1NCc1cc(F)ccc1F. The number of aromatic nitrogens is 1. The summed E-state index contributed by atoms with van der Waals surface area (Å²) in [6.45, 7) is -0.0547. The molecule has 1 aromatic carbocycles. The van der Waals surface area contributed by atoms with E-state index >= 15 is 0 Å². The number of hydrogen-bond acceptors (Lipinski definition) is 3. The van der Waals surface area contributed by atoms with Gasteiger partial charge in [-0.25, -0.2) is 18.6 Å². The van der Waals surface area contributed by atoms with E-state index in [1.165, 1.54) is 18.3 Å². The lowest BCUT2D eigenvalue weighted by atomic mass is 10.2. The lowest BCUT2D eigenvalue weighted by Gasteiger charge is -2.09. The Bertz CT molecular complexity index is 617. The highest BCUT2D eigenvalue weighted by atomic mass is 19.1. The highest BCUT2D eigenvalue weighted by molar-refractivity contribution is 5.92. The predicted molar refractivity (Wildman–Crippen MR) is 64.9 cm³/mol. The molecule has 0 spiro atoms. The molecule has 0 unspecified atom stereocenters. The average Bonchev–Trinajstić information content (AvgIpc) is 2.40. The second-order valence-corrected chi connectivity index (χ2v) is 3.79. The maximum atomic E-state index is 13.4. The van der Waals surface area contributed by atoms with Crippen LogP contribution >= 0.6 is 0 Å². The van der Waals surface area contributed by atoms with Gasteiger partial charge in [0, 0.05) is 18.3 Å². The molecule has 0 saturated carbocycles. The van der Waals surface area contributed by atoms with Crippen molar-refractivity contribution in [3.63, 3.8) is 0 Å². The van der Waals surface area contributed by atoms with Gasteiger partial charge in [-0.1, -0.05) is 0 Å². The van der Waals surface area contributed by atoms with Gasteiger partial charge in [0.1, 0.15) is 23.0 Å². The van der Waals surface area contributed by atoms with Crippen LogP contribution in [0.2, 0.25) is 0 Å². The largest absolute Gasteiger partial charge is 0.478 e. The lowest BCUT2D eigenvalue weighted by molar-refractivity contribution is 0.0697. The van der Waals surface area contributed by atoms with Crippen LogP contribution in [0.15, 0.2) is 36.5 Å². The molecule has 19 heavy (non-hydrogen) atoms. The van der Waals surface area contributed by atoms with Crippen LogP contribution < -0.4 is 5.32 Å². The number of carboxylic acid groups (broad SMARTS) is 1. The van der Waals surface area contributed by atoms with Gasteiger partial charge in [0.15, 0.2) is 0 Å². The Morgan fingerprint density at radius 2 is 2.11 bits per heavy atom. The summed E-state index contributed by atoms with van der Waals surface area (Å²) in [6, 6.07) is 5.94. The van der Waals surface area contributed by atoms with Crippen molar-refractivity contribution < 1.29 is 18.7 Å². The van der Waals surface area contributed by atoms with Crippen molar-refractivity contribution in [3.8, 4) is 0 Å². The van der Waals surface area contributed by atoms with Crippen LogP contribution in [0.5, 0.6) is 0 Å². The first-order valence-corrected chi connectivity index (χ1v) is 5.44. The van der Waals surface area contributed by atoms with Gasteiger partial charge < -0.3 is 10.4 Å². The zero-order valence-electron chi connectivity index (χ0n) is 9.73. The van der Waals surface area contributed by atoms with E-state index in [1.54, 1.807) is 0 Å². The van der Waals surface area contributed by atoms with E-state index in [0.717, 1.165) is 18.2 Å². The summed E-state index contributed by atoms with van der Waals surface area (Å²) < 4.78 is 26.4. The Morgan fingerprint density at radius 3 is 2.84 bits per heavy atom. The van der Waals surface area contributed by atoms with Crippen LogP contribution in [0.4, 0.5) is 14.6 Å². The van der Waals surface area contributed by atoms with Gasteiger partial charge in [0.05, 0.1) is 0 Å². The molecule has 2 rings (SSSR count). The van der Waals surface area contributed by atoms with Gasteiger partial charge in [-0.3, -0.25) is 0 Å². The van der Waals surface area contributed by atoms with Crippen molar-refractivity contribution in [1.82, 2.24) is 4.98 Å². The molecule has 0 atom stereocenters. The Hall–Kier alpha value is -2.50. The van der Waals surface area contributed by atoms with Crippen LogP contribution in [0.3, 0.4) is 0 Å². The van der Waals surface area contributed by atoms with Gasteiger partial charge in [-0.05, 0) is 30.3 Å². The summed E-state index contributed by atoms with van der Waals surface area (Å²) in [7, 11) is 0. The number of carbonyl (C=O) groups is 1. The molecule has 0 saturated heterocycles. The number of anilines is 1. The molecule has 0 aliphatic rings. The number of nitrogens with one attached hydrogen (secondary N) is 1. The van der Waals surface area contributed by atoms with Gasteiger partial charge in [0.2, 0.25) is 0 Å². The lowest BCUT2D eigenvalue weighted by Crippen LogP contribution is -2.09. The van der Waals surface area contributed by atoms with Crippen LogP contribution in [0.1, 0.15) is 15.9 Å². The quantitative estimate of drug-likeness (QED) is 0.891. The third kappa shape index (κ3) is 3.04. The van der Waals surface area contributed by atoms with E-state index in [1.807, 2.05) is 0 Å². The number of benzene rings is 1. The fourth-order valence-electron chi connectivity index (χ4n) is 1.58. The zero-order valence-corrected chi connectivity index (χ0v) is 9.73. The van der Waals surface area contributed by atoms with Gasteiger partial charge in [0.25, 0.3) is 0 Å². The summed E-state index contributed by atoms with van der Waals surface area (Å²) in [4.78, 5) is 14.8. The van der Waals surface area contributed by atoms with Crippen molar-refractivity contribution in [2.75, 3.05) is 5.32 Å². The molecule has 0 bridgehead atoms. The molecule has 4 nitrogen and oxygen atoms in total. The first kappa shape index (κ1) is 12.9. The Morgan fingerprint density at radius 1 is 1.32 bits per heavy atom. The van der Waals surface area contributed by atoms with E-state index in [-0.39, 0.29) is 23.5 Å². The molecule has 0 amide bonds. The normalized spacial score (nSPS) is 10.2. The molecule has 0 radical (unpaired) electrons. The molecule has 98 valence electrons. The van der Waals surface area contributed by atoms with Crippen molar-refractivity contribution in [2.45, 2.75) is 6.54 Å². The summed E-state index contributed by atoms with van der Waals surface area (Å²) in [5.74, 6) is -2.16. The number of hydrogen-bond donors (Lipinski definition) is 2. The number of pyridine rings is 1. The zero-order chi connectivity index (χ0) is 13.8. The van der Waals surface area contributed by atoms with Gasteiger partial charge >= 0.3 is 5.97 Å². The number of rotatable bonds is 4. The second-order valence-electron chi connectivity index (χ2n) is 3.79. The van der Waals surface area contributed by atoms with E-state index in [4.69, 9.17) is 5.11 Å². The summed E-state index contributed by atoms with van der Waals surface area (Å²) in [5, 5.41) is 11.6. The summed E-state index contributed by atoms with van der Waals surface area (Å²) >= 11 is 0. The van der Waals surface area contributed by atoms with Crippen LogP contribution in [0, 0.1) is 11.6 Å². The second kappa shape index (κ2) is 5.43. The molecular formula is C13H10F2N2O2. The van der Waals surface area contributed by atoms with E-state index in [9.17, 15) is 13.6 Å². The van der Waals surface area contributed by atoms with Crippen LogP contribution in [0.25, 0.3) is 0 Å². The van der Waals surface area contributed by atoms with Crippen LogP contribution in [-0.2, 0) is 6.54 Å². The maximum Gasteiger partial charge on any atom is 0.339 e. The average molecular weight is 264 g/mol. The fourth-order valence-corrected chi connectivity index (χ4v) is 1.58. The number of aromatic carboxylic acids is 1. The predicted octanol–water partition coefficient (Wildman–Crippen LogP) is 2.67. The Balaban J connectivity index is 2.19. The molecule has 2 N–H and O–H groups in total. The minimum absolute atomic E-state index is 0.0284. The van der Waals surface area contributed by atoms with Crippen molar-refractivity contribution in [3.05, 3.63) is 59.3 Å². The monoisotopic (exact) mass is 264 g/mol. The maximum absolute atomic E-state index is 13.4. The first-order valence-electron chi connectivity index (χ1n) is 5.44. The van der Waals surface area contributed by atoms with E-state index in [0.29, 0.717) is 0 Å². The minimum atomic E-state index is -1.14. The van der Waals surface area contributed by atoms with Crippen molar-refractivity contribution in [2.24, 2.45) is 0 Å². The third-order valence-electron chi connectivity index (χ3n) is 2.49. The number of nitrogens with zero attached hydrogens (tertiary/aromatic N) is 1. The molecular weight excluding hydrogens is 254 g/mol. The Labute approximate surface area is 107 Å². The van der Waals surface area contributed by atoms with Crippen molar-refractivity contribution >= 4 is 11.8 Å². The van der Waals surface area contributed by atoms with Crippen LogP contribution in [-0.4, -0.2) is 16.1 Å². The number of halogens is 2. The standard InChI is InChI=1S/C13H10F2N2O2/c14-9-3-4-11(15)8(6-9)7-17-12-10(13(18)19)2-1-5-16-12/h1-6H,7H2,(H,16,17)(H,18,19). The molecule has 1 aromatic heterocycles.